The molecule has 1 aromatic rings. The molecule has 0 unspecified atom stereocenters. The summed E-state index contributed by atoms with van der Waals surface area (Å²) in [7, 11) is 0. The van der Waals surface area contributed by atoms with Gasteiger partial charge in [0.2, 0.25) is 5.91 Å². The maximum atomic E-state index is 12.7. The quantitative estimate of drug-likeness (QED) is 0.464. The van der Waals surface area contributed by atoms with E-state index in [0.29, 0.717) is 24.8 Å². The van der Waals surface area contributed by atoms with Gasteiger partial charge in [-0.1, -0.05) is 44.6 Å². The first kappa shape index (κ1) is 24.3. The highest BCUT2D eigenvalue weighted by atomic mass is 35.5. The van der Waals surface area contributed by atoms with Crippen LogP contribution >= 0.6 is 11.6 Å². The molecular formula is C29H40ClNO3. The minimum Gasteiger partial charge on any atom is -0.393 e. The molecule has 186 valence electrons. The van der Waals surface area contributed by atoms with Crippen LogP contribution in [0.2, 0.25) is 0 Å². The van der Waals surface area contributed by atoms with E-state index < -0.39 is 6.10 Å². The summed E-state index contributed by atoms with van der Waals surface area (Å²) in [4.78, 5) is 14.5. The fraction of sp³-hybridized carbons (Fsp3) is 0.690. The van der Waals surface area contributed by atoms with Gasteiger partial charge in [-0.25, -0.2) is 0 Å². The number of alkyl halides is 1. The van der Waals surface area contributed by atoms with Gasteiger partial charge in [0, 0.05) is 12.5 Å². The van der Waals surface area contributed by atoms with E-state index in [0.717, 1.165) is 32.1 Å². The Bertz CT molecular complexity index is 1010. The second-order valence-corrected chi connectivity index (χ2v) is 12.2. The van der Waals surface area contributed by atoms with Gasteiger partial charge >= 0.3 is 0 Å². The monoisotopic (exact) mass is 485 g/mol. The number of aliphatic hydroxyl groups is 2. The Labute approximate surface area is 209 Å². The van der Waals surface area contributed by atoms with Crippen LogP contribution in [0.15, 0.2) is 23.8 Å². The van der Waals surface area contributed by atoms with Gasteiger partial charge in [-0.05, 0) is 90.9 Å². The summed E-state index contributed by atoms with van der Waals surface area (Å²) in [5.74, 6) is 1.33. The van der Waals surface area contributed by atoms with Crippen molar-refractivity contribution in [1.29, 1.82) is 0 Å². The van der Waals surface area contributed by atoms with Crippen molar-refractivity contribution in [2.75, 3.05) is 12.4 Å². The van der Waals surface area contributed by atoms with Gasteiger partial charge in [-0.15, -0.1) is 11.6 Å². The fourth-order valence-electron chi connectivity index (χ4n) is 8.10. The molecule has 0 aromatic heterocycles. The van der Waals surface area contributed by atoms with Gasteiger partial charge in [-0.2, -0.15) is 0 Å². The van der Waals surface area contributed by atoms with Gasteiger partial charge in [-0.3, -0.25) is 4.79 Å². The van der Waals surface area contributed by atoms with Crippen LogP contribution in [0.3, 0.4) is 0 Å². The van der Waals surface area contributed by atoms with E-state index in [1.54, 1.807) is 0 Å². The Balaban J connectivity index is 1.46. The summed E-state index contributed by atoms with van der Waals surface area (Å²) in [5, 5.41) is 21.3. The summed E-state index contributed by atoms with van der Waals surface area (Å²) in [6.45, 7) is 9.59. The highest BCUT2D eigenvalue weighted by molar-refractivity contribution is 6.27. The molecule has 0 spiro atoms. The Hall–Kier alpha value is -1.36. The number of nitrogens with zero attached hydrogens (tertiary/aromatic N) is 1. The van der Waals surface area contributed by atoms with Crippen LogP contribution in [0, 0.1) is 24.2 Å². The molecule has 2 fully saturated rings. The number of hydrogen-bond donors (Lipinski definition) is 2. The zero-order valence-corrected chi connectivity index (χ0v) is 21.8. The molecule has 4 aliphatic rings. The minimum atomic E-state index is -0.541. The Morgan fingerprint density at radius 3 is 2.79 bits per heavy atom. The average Bonchev–Trinajstić information content (AvgIpc) is 3.19. The number of carbonyl (C=O) groups excluding carboxylic acids is 1. The summed E-state index contributed by atoms with van der Waals surface area (Å²) in [6, 6.07) is 4.36. The third kappa shape index (κ3) is 3.76. The van der Waals surface area contributed by atoms with Crippen LogP contribution in [0.5, 0.6) is 0 Å². The fourth-order valence-corrected chi connectivity index (χ4v) is 8.25. The Morgan fingerprint density at radius 1 is 1.29 bits per heavy atom. The molecule has 1 aliphatic heterocycles. The summed E-state index contributed by atoms with van der Waals surface area (Å²) in [6.07, 6.45) is 7.38. The van der Waals surface area contributed by atoms with Gasteiger partial charge < -0.3 is 15.1 Å². The minimum absolute atomic E-state index is 0.0386. The number of benzene rings is 1. The maximum absolute atomic E-state index is 12.7. The predicted octanol–water partition coefficient (Wildman–Crippen LogP) is 5.07. The normalized spacial score (nSPS) is 38.0. The van der Waals surface area contributed by atoms with Crippen LogP contribution in [0.4, 0.5) is 0 Å². The van der Waals surface area contributed by atoms with Crippen LogP contribution in [-0.4, -0.2) is 51.7 Å². The number of fused-ring (bicyclic) bond motifs is 5. The van der Waals surface area contributed by atoms with E-state index in [-0.39, 0.29) is 41.2 Å². The van der Waals surface area contributed by atoms with Crippen molar-refractivity contribution in [2.24, 2.45) is 17.3 Å². The van der Waals surface area contributed by atoms with E-state index in [2.05, 4.69) is 45.9 Å². The molecule has 2 N–H and O–H groups in total. The van der Waals surface area contributed by atoms with Gasteiger partial charge in [0.15, 0.2) is 0 Å². The number of amides is 1. The highest BCUT2D eigenvalue weighted by Gasteiger charge is 2.50. The van der Waals surface area contributed by atoms with Gasteiger partial charge in [0.05, 0.1) is 18.2 Å². The lowest BCUT2D eigenvalue weighted by Gasteiger charge is -2.48. The van der Waals surface area contributed by atoms with E-state index in [4.69, 9.17) is 11.6 Å². The van der Waals surface area contributed by atoms with Crippen LogP contribution in [-0.2, 0) is 11.2 Å². The van der Waals surface area contributed by atoms with E-state index in [1.165, 1.54) is 27.8 Å². The zero-order valence-electron chi connectivity index (χ0n) is 21.1. The van der Waals surface area contributed by atoms with Crippen molar-refractivity contribution in [1.82, 2.24) is 4.90 Å². The molecule has 5 heteroatoms. The molecule has 0 bridgehead atoms. The average molecular weight is 486 g/mol. The zero-order chi connectivity index (χ0) is 24.4. The van der Waals surface area contributed by atoms with Crippen molar-refractivity contribution < 1.29 is 15.0 Å². The lowest BCUT2D eigenvalue weighted by Crippen LogP contribution is -2.56. The molecule has 1 heterocycles. The van der Waals surface area contributed by atoms with Crippen LogP contribution in [0.1, 0.15) is 87.0 Å². The smallest absolute Gasteiger partial charge is 0.237 e. The van der Waals surface area contributed by atoms with Gasteiger partial charge in [0.1, 0.15) is 5.88 Å². The second kappa shape index (κ2) is 8.94. The van der Waals surface area contributed by atoms with Gasteiger partial charge in [0.25, 0.3) is 0 Å². The molecule has 1 saturated heterocycles. The lowest BCUT2D eigenvalue weighted by atomic mass is 9.57. The number of hydrogen-bond acceptors (Lipinski definition) is 3. The van der Waals surface area contributed by atoms with Crippen LogP contribution in [0.25, 0.3) is 0 Å². The second-order valence-electron chi connectivity index (χ2n) is 11.9. The molecule has 1 aromatic carbocycles. The summed E-state index contributed by atoms with van der Waals surface area (Å²) in [5.41, 5.74) is 7.22. The van der Waals surface area contributed by atoms with Crippen LogP contribution < -0.4 is 0 Å². The predicted molar refractivity (Wildman–Crippen MR) is 136 cm³/mol. The number of aliphatic hydroxyl groups excluding tert-OH is 2. The number of rotatable bonds is 3. The van der Waals surface area contributed by atoms with E-state index >= 15 is 0 Å². The first-order valence-corrected chi connectivity index (χ1v) is 13.7. The lowest BCUT2D eigenvalue weighted by molar-refractivity contribution is -0.138. The molecule has 5 rings (SSSR count). The third-order valence-electron chi connectivity index (χ3n) is 9.95. The highest BCUT2D eigenvalue weighted by Crippen LogP contribution is 2.60. The molecule has 1 saturated carbocycles. The molecule has 34 heavy (non-hydrogen) atoms. The Kier molecular flexibility index (Phi) is 6.40. The maximum Gasteiger partial charge on any atom is 0.237 e. The third-order valence-corrected chi connectivity index (χ3v) is 10.2. The first-order chi connectivity index (χ1) is 16.2. The van der Waals surface area contributed by atoms with E-state index in [9.17, 15) is 15.0 Å². The molecule has 3 aliphatic carbocycles. The van der Waals surface area contributed by atoms with Crippen molar-refractivity contribution in [3.05, 3.63) is 46.0 Å². The van der Waals surface area contributed by atoms with Crippen molar-refractivity contribution >= 4 is 17.5 Å². The van der Waals surface area contributed by atoms with E-state index in [1.807, 2.05) is 4.90 Å². The molecule has 0 radical (unpaired) electrons. The SMILES string of the molecule is Cc1c([C@H](C)[C@H]2[C@H](O)C[C@H](C)CN2C(=O)CCl)ccc2c1C[C@H]1[C@H]2CC=C2C[C@@H](O)CC[C@@]21C. The number of likely N-dealkylation sites (tertiary alicyclic amines) is 1. The number of carbonyl (C=O) groups is 1. The summed E-state index contributed by atoms with van der Waals surface area (Å²) >= 11 is 5.96. The number of allylic oxidation sites excluding steroid dienone is 1. The summed E-state index contributed by atoms with van der Waals surface area (Å²) < 4.78 is 0. The van der Waals surface area contributed by atoms with Crippen molar-refractivity contribution in [3.63, 3.8) is 0 Å². The molecule has 1 amide bonds. The topological polar surface area (TPSA) is 60.8 Å². The Morgan fingerprint density at radius 2 is 2.06 bits per heavy atom. The number of piperidine rings is 1. The molecule has 8 atom stereocenters. The first-order valence-electron chi connectivity index (χ1n) is 13.2. The van der Waals surface area contributed by atoms with Crippen molar-refractivity contribution in [3.8, 4) is 0 Å². The van der Waals surface area contributed by atoms with Crippen molar-refractivity contribution in [2.45, 2.75) is 96.3 Å². The molecular weight excluding hydrogens is 446 g/mol. The standard InChI is InChI=1S/C29H40ClNO3/c1-16-11-26(33)28(31(15-16)27(34)14-30)18(3)21-7-8-22-23-6-5-19-12-20(32)9-10-29(19,4)25(23)13-24(22)17(21)2/h5,7-8,16,18,20,23,25-26,28,32-33H,6,9-15H2,1-4H3/t16-,18-,20-,23-,25-,26+,28-,29-/m0/s1. The molecule has 4 nitrogen and oxygen atoms in total. The largest absolute Gasteiger partial charge is 0.393 e. The number of halogens is 1.